The van der Waals surface area contributed by atoms with E-state index in [1.807, 2.05) is 12.1 Å². The Labute approximate surface area is 134 Å². The standard InChI is InChI=1S/C18H21BrFN/c1-3-13-5-8-15(9-6-13)18(21-4-2)12-14-7-10-17(20)16(19)11-14/h5-11,18,21H,3-4,12H2,1-2H3. The fourth-order valence-electron chi connectivity index (χ4n) is 2.44. The smallest absolute Gasteiger partial charge is 0.137 e. The molecule has 3 heteroatoms. The molecule has 0 radical (unpaired) electrons. The normalized spacial score (nSPS) is 12.4. The maximum atomic E-state index is 13.3. The van der Waals surface area contributed by atoms with Crippen molar-refractivity contribution < 1.29 is 4.39 Å². The highest BCUT2D eigenvalue weighted by Gasteiger charge is 2.12. The van der Waals surface area contributed by atoms with Gasteiger partial charge in [0.15, 0.2) is 0 Å². The monoisotopic (exact) mass is 349 g/mol. The lowest BCUT2D eigenvalue weighted by atomic mass is 9.97. The van der Waals surface area contributed by atoms with Crippen molar-refractivity contribution in [3.8, 4) is 0 Å². The second-order valence-corrected chi connectivity index (χ2v) is 6.01. The Balaban J connectivity index is 2.19. The number of hydrogen-bond acceptors (Lipinski definition) is 1. The third-order valence-electron chi connectivity index (χ3n) is 3.66. The first-order valence-corrected chi connectivity index (χ1v) is 8.19. The minimum atomic E-state index is -0.217. The summed E-state index contributed by atoms with van der Waals surface area (Å²) in [5.74, 6) is -0.217. The van der Waals surface area contributed by atoms with Crippen molar-refractivity contribution >= 4 is 15.9 Å². The molecular weight excluding hydrogens is 329 g/mol. The molecule has 0 fully saturated rings. The molecule has 0 aliphatic heterocycles. The molecule has 1 N–H and O–H groups in total. The summed E-state index contributed by atoms with van der Waals surface area (Å²) in [6, 6.07) is 14.2. The van der Waals surface area contributed by atoms with Gasteiger partial charge in [0.2, 0.25) is 0 Å². The molecule has 0 spiro atoms. The van der Waals surface area contributed by atoms with Gasteiger partial charge in [0.05, 0.1) is 4.47 Å². The molecule has 1 atom stereocenters. The zero-order chi connectivity index (χ0) is 15.2. The maximum Gasteiger partial charge on any atom is 0.137 e. The van der Waals surface area contributed by atoms with Crippen LogP contribution in [0.25, 0.3) is 0 Å². The molecule has 0 amide bonds. The summed E-state index contributed by atoms with van der Waals surface area (Å²) in [7, 11) is 0. The van der Waals surface area contributed by atoms with Crippen molar-refractivity contribution in [1.29, 1.82) is 0 Å². The number of aryl methyl sites for hydroxylation is 1. The summed E-state index contributed by atoms with van der Waals surface area (Å²) in [6.45, 7) is 5.17. The Kier molecular flexibility index (Phi) is 5.95. The van der Waals surface area contributed by atoms with Crippen LogP contribution in [0.2, 0.25) is 0 Å². The van der Waals surface area contributed by atoms with Crippen LogP contribution in [0.1, 0.15) is 36.6 Å². The SMILES string of the molecule is CCNC(Cc1ccc(F)c(Br)c1)c1ccc(CC)cc1. The number of benzene rings is 2. The number of rotatable bonds is 6. The lowest BCUT2D eigenvalue weighted by Gasteiger charge is -2.19. The fraction of sp³-hybridized carbons (Fsp3) is 0.333. The van der Waals surface area contributed by atoms with Gasteiger partial charge in [-0.05, 0) is 64.1 Å². The highest BCUT2D eigenvalue weighted by molar-refractivity contribution is 9.10. The number of halogens is 2. The third-order valence-corrected chi connectivity index (χ3v) is 4.27. The molecule has 0 saturated carbocycles. The summed E-state index contributed by atoms with van der Waals surface area (Å²) in [5, 5.41) is 3.51. The summed E-state index contributed by atoms with van der Waals surface area (Å²) >= 11 is 3.25. The minimum Gasteiger partial charge on any atom is -0.310 e. The lowest BCUT2D eigenvalue weighted by Crippen LogP contribution is -2.23. The van der Waals surface area contributed by atoms with Gasteiger partial charge in [-0.3, -0.25) is 0 Å². The van der Waals surface area contributed by atoms with Crippen molar-refractivity contribution in [1.82, 2.24) is 5.32 Å². The quantitative estimate of drug-likeness (QED) is 0.769. The predicted molar refractivity (Wildman–Crippen MR) is 90.0 cm³/mol. The van der Waals surface area contributed by atoms with Gasteiger partial charge >= 0.3 is 0 Å². The first-order valence-electron chi connectivity index (χ1n) is 7.40. The van der Waals surface area contributed by atoms with Crippen molar-refractivity contribution in [2.24, 2.45) is 0 Å². The highest BCUT2D eigenvalue weighted by Crippen LogP contribution is 2.23. The Morgan fingerprint density at radius 2 is 1.71 bits per heavy atom. The van der Waals surface area contributed by atoms with Gasteiger partial charge < -0.3 is 5.32 Å². The first kappa shape index (κ1) is 16.2. The molecule has 2 aromatic rings. The van der Waals surface area contributed by atoms with E-state index in [9.17, 15) is 4.39 Å². The van der Waals surface area contributed by atoms with E-state index in [0.717, 1.165) is 24.9 Å². The zero-order valence-corrected chi connectivity index (χ0v) is 14.1. The van der Waals surface area contributed by atoms with Crippen molar-refractivity contribution in [2.45, 2.75) is 32.7 Å². The van der Waals surface area contributed by atoms with E-state index in [1.54, 1.807) is 0 Å². The van der Waals surface area contributed by atoms with Crippen LogP contribution in [0.15, 0.2) is 46.9 Å². The van der Waals surface area contributed by atoms with Crippen LogP contribution >= 0.6 is 15.9 Å². The molecule has 1 nitrogen and oxygen atoms in total. The summed E-state index contributed by atoms with van der Waals surface area (Å²) in [5.41, 5.74) is 3.74. The van der Waals surface area contributed by atoms with Gasteiger partial charge in [-0.2, -0.15) is 0 Å². The van der Waals surface area contributed by atoms with Gasteiger partial charge in [-0.1, -0.05) is 44.2 Å². The number of likely N-dealkylation sites (N-methyl/N-ethyl adjacent to an activating group) is 1. The van der Waals surface area contributed by atoms with Gasteiger partial charge in [-0.15, -0.1) is 0 Å². The van der Waals surface area contributed by atoms with Crippen molar-refractivity contribution in [2.75, 3.05) is 6.54 Å². The molecule has 2 aromatic carbocycles. The second-order valence-electron chi connectivity index (χ2n) is 5.16. The third kappa shape index (κ3) is 4.39. The summed E-state index contributed by atoms with van der Waals surface area (Å²) < 4.78 is 13.9. The number of nitrogens with one attached hydrogen (secondary N) is 1. The Morgan fingerprint density at radius 3 is 2.29 bits per heavy atom. The van der Waals surface area contributed by atoms with Crippen LogP contribution in [-0.2, 0) is 12.8 Å². The Hall–Kier alpha value is -1.19. The highest BCUT2D eigenvalue weighted by atomic mass is 79.9. The van der Waals surface area contributed by atoms with Gasteiger partial charge in [0.25, 0.3) is 0 Å². The van der Waals surface area contributed by atoms with Crippen molar-refractivity contribution in [3.63, 3.8) is 0 Å². The molecule has 0 aliphatic rings. The molecule has 0 heterocycles. The van der Waals surface area contributed by atoms with E-state index in [-0.39, 0.29) is 11.9 Å². The summed E-state index contributed by atoms with van der Waals surface area (Å²) in [6.07, 6.45) is 1.90. The fourth-order valence-corrected chi connectivity index (χ4v) is 2.87. The molecule has 0 aromatic heterocycles. The average Bonchev–Trinajstić information content (AvgIpc) is 2.50. The Bertz CT molecular complexity index is 580. The van der Waals surface area contributed by atoms with E-state index >= 15 is 0 Å². The molecule has 0 aliphatic carbocycles. The van der Waals surface area contributed by atoms with Gasteiger partial charge in [0.1, 0.15) is 5.82 Å². The lowest BCUT2D eigenvalue weighted by molar-refractivity contribution is 0.548. The van der Waals surface area contributed by atoms with Crippen LogP contribution in [-0.4, -0.2) is 6.54 Å². The maximum absolute atomic E-state index is 13.3. The second kappa shape index (κ2) is 7.71. The molecule has 1 unspecified atom stereocenters. The van der Waals surface area contributed by atoms with E-state index in [1.165, 1.54) is 17.2 Å². The van der Waals surface area contributed by atoms with Crippen LogP contribution in [0.5, 0.6) is 0 Å². The molecule has 0 saturated heterocycles. The summed E-state index contributed by atoms with van der Waals surface area (Å²) in [4.78, 5) is 0. The molecule has 0 bridgehead atoms. The molecule has 21 heavy (non-hydrogen) atoms. The van der Waals surface area contributed by atoms with E-state index < -0.39 is 0 Å². The number of hydrogen-bond donors (Lipinski definition) is 1. The molecular formula is C18H21BrFN. The topological polar surface area (TPSA) is 12.0 Å². The predicted octanol–water partition coefficient (Wildman–Crippen LogP) is 5.04. The first-order chi connectivity index (χ1) is 10.1. The van der Waals surface area contributed by atoms with Gasteiger partial charge in [0, 0.05) is 6.04 Å². The van der Waals surface area contributed by atoms with Crippen molar-refractivity contribution in [3.05, 3.63) is 69.4 Å². The van der Waals surface area contributed by atoms with Crippen LogP contribution in [0.3, 0.4) is 0 Å². The van der Waals surface area contributed by atoms with E-state index in [4.69, 9.17) is 0 Å². The largest absolute Gasteiger partial charge is 0.310 e. The van der Waals surface area contributed by atoms with Crippen LogP contribution in [0.4, 0.5) is 4.39 Å². The zero-order valence-electron chi connectivity index (χ0n) is 12.5. The van der Waals surface area contributed by atoms with Crippen LogP contribution < -0.4 is 5.32 Å². The molecule has 112 valence electrons. The van der Waals surface area contributed by atoms with E-state index in [0.29, 0.717) is 4.47 Å². The average molecular weight is 350 g/mol. The Morgan fingerprint density at radius 1 is 1.05 bits per heavy atom. The van der Waals surface area contributed by atoms with Gasteiger partial charge in [-0.25, -0.2) is 4.39 Å². The molecule has 2 rings (SSSR count). The minimum absolute atomic E-state index is 0.217. The van der Waals surface area contributed by atoms with E-state index in [2.05, 4.69) is 59.4 Å². The van der Waals surface area contributed by atoms with Crippen LogP contribution in [0, 0.1) is 5.82 Å².